The zero-order chi connectivity index (χ0) is 14.6. The monoisotopic (exact) mass is 269 g/mol. The Morgan fingerprint density at radius 2 is 1.84 bits per heavy atom. The molecule has 0 bridgehead atoms. The minimum atomic E-state index is -0.836. The number of rotatable bonds is 9. The summed E-state index contributed by atoms with van der Waals surface area (Å²) in [5.41, 5.74) is 11.1. The molecular formula is C15H31N3O. The van der Waals surface area contributed by atoms with Crippen molar-refractivity contribution in [2.24, 2.45) is 23.3 Å². The van der Waals surface area contributed by atoms with Crippen LogP contribution in [0.3, 0.4) is 0 Å². The van der Waals surface area contributed by atoms with Gasteiger partial charge < -0.3 is 11.5 Å². The van der Waals surface area contributed by atoms with E-state index >= 15 is 0 Å². The molecule has 0 aromatic rings. The van der Waals surface area contributed by atoms with Crippen molar-refractivity contribution < 1.29 is 4.79 Å². The zero-order valence-electron chi connectivity index (χ0n) is 13.0. The standard InChI is InChI=1S/C15H31N3O/c1-5-13(6-2)18(9-11(3)4)10-15(17,14(16)19)12-7-8-12/h11-13H,5-10,17H2,1-4H3,(H2,16,19). The molecule has 19 heavy (non-hydrogen) atoms. The van der Waals surface area contributed by atoms with E-state index in [0.29, 0.717) is 18.5 Å². The second kappa shape index (κ2) is 6.71. The van der Waals surface area contributed by atoms with Crippen LogP contribution in [0.25, 0.3) is 0 Å². The Morgan fingerprint density at radius 3 is 2.16 bits per heavy atom. The zero-order valence-corrected chi connectivity index (χ0v) is 13.0. The Morgan fingerprint density at radius 1 is 1.32 bits per heavy atom. The Labute approximate surface area is 117 Å². The first kappa shape index (κ1) is 16.4. The van der Waals surface area contributed by atoms with Crippen molar-refractivity contribution in [3.05, 3.63) is 0 Å². The maximum absolute atomic E-state index is 11.8. The van der Waals surface area contributed by atoms with Gasteiger partial charge in [0.2, 0.25) is 5.91 Å². The number of hydrogen-bond acceptors (Lipinski definition) is 3. The quantitative estimate of drug-likeness (QED) is 0.669. The molecule has 1 fully saturated rings. The summed E-state index contributed by atoms with van der Waals surface area (Å²) in [5.74, 6) is 0.515. The average Bonchev–Trinajstić information content (AvgIpc) is 3.13. The van der Waals surface area contributed by atoms with Crippen molar-refractivity contribution in [1.82, 2.24) is 4.90 Å². The summed E-state index contributed by atoms with van der Waals surface area (Å²) < 4.78 is 0. The van der Waals surface area contributed by atoms with Gasteiger partial charge >= 0.3 is 0 Å². The molecule has 1 aliphatic rings. The van der Waals surface area contributed by atoms with E-state index in [2.05, 4.69) is 32.6 Å². The Balaban J connectivity index is 2.82. The van der Waals surface area contributed by atoms with Gasteiger partial charge in [-0.05, 0) is 37.5 Å². The first-order chi connectivity index (χ1) is 8.85. The lowest BCUT2D eigenvalue weighted by molar-refractivity contribution is -0.125. The molecule has 1 aliphatic carbocycles. The van der Waals surface area contributed by atoms with Crippen LogP contribution in [0, 0.1) is 11.8 Å². The van der Waals surface area contributed by atoms with Crippen LogP contribution in [0.4, 0.5) is 0 Å². The Kier molecular flexibility index (Phi) is 5.81. The van der Waals surface area contributed by atoms with Gasteiger partial charge in [-0.1, -0.05) is 27.7 Å². The van der Waals surface area contributed by atoms with E-state index in [1.807, 2.05) is 0 Å². The Bertz CT molecular complexity index is 298. The summed E-state index contributed by atoms with van der Waals surface area (Å²) in [6.45, 7) is 10.4. The molecule has 0 aliphatic heterocycles. The summed E-state index contributed by atoms with van der Waals surface area (Å²) >= 11 is 0. The van der Waals surface area contributed by atoms with Gasteiger partial charge in [-0.15, -0.1) is 0 Å². The normalized spacial score (nSPS) is 19.2. The predicted octanol–water partition coefficient (Wildman–Crippen LogP) is 1.73. The maximum Gasteiger partial charge on any atom is 0.239 e. The molecule has 4 N–H and O–H groups in total. The maximum atomic E-state index is 11.8. The molecule has 1 atom stereocenters. The van der Waals surface area contributed by atoms with E-state index in [-0.39, 0.29) is 11.8 Å². The lowest BCUT2D eigenvalue weighted by Crippen LogP contribution is -2.62. The molecule has 0 spiro atoms. The van der Waals surface area contributed by atoms with E-state index in [1.165, 1.54) is 0 Å². The Hall–Kier alpha value is -0.610. The summed E-state index contributed by atoms with van der Waals surface area (Å²) in [6.07, 6.45) is 4.25. The van der Waals surface area contributed by atoms with Gasteiger partial charge in [0.15, 0.2) is 0 Å². The fourth-order valence-corrected chi connectivity index (χ4v) is 2.96. The largest absolute Gasteiger partial charge is 0.368 e. The molecule has 0 aromatic carbocycles. The summed E-state index contributed by atoms with van der Waals surface area (Å²) in [7, 11) is 0. The van der Waals surface area contributed by atoms with Crippen LogP contribution >= 0.6 is 0 Å². The van der Waals surface area contributed by atoms with Gasteiger partial charge in [0.1, 0.15) is 5.54 Å². The number of nitrogens with two attached hydrogens (primary N) is 2. The SMILES string of the molecule is CCC(CC)N(CC(C)C)CC(N)(C(N)=O)C1CC1. The molecular weight excluding hydrogens is 238 g/mol. The van der Waals surface area contributed by atoms with Crippen LogP contribution in [-0.4, -0.2) is 35.5 Å². The summed E-state index contributed by atoms with van der Waals surface area (Å²) in [6, 6.07) is 0.489. The summed E-state index contributed by atoms with van der Waals surface area (Å²) in [4.78, 5) is 14.2. The smallest absolute Gasteiger partial charge is 0.239 e. The number of carbonyl (C=O) groups excluding carboxylic acids is 1. The third-order valence-electron chi connectivity index (χ3n) is 4.29. The van der Waals surface area contributed by atoms with Crippen molar-refractivity contribution in [2.45, 2.75) is 65.0 Å². The molecule has 1 amide bonds. The molecule has 1 unspecified atom stereocenters. The number of nitrogens with zero attached hydrogens (tertiary/aromatic N) is 1. The highest BCUT2D eigenvalue weighted by molar-refractivity contribution is 5.85. The van der Waals surface area contributed by atoms with Gasteiger partial charge in [0, 0.05) is 19.1 Å². The van der Waals surface area contributed by atoms with Crippen LogP contribution in [0.15, 0.2) is 0 Å². The first-order valence-corrected chi connectivity index (χ1v) is 7.67. The van der Waals surface area contributed by atoms with Crippen molar-refractivity contribution in [3.8, 4) is 0 Å². The summed E-state index contributed by atoms with van der Waals surface area (Å²) in [5, 5.41) is 0. The van der Waals surface area contributed by atoms with Gasteiger partial charge in [-0.25, -0.2) is 0 Å². The van der Waals surface area contributed by atoms with E-state index < -0.39 is 5.54 Å². The fraction of sp³-hybridized carbons (Fsp3) is 0.933. The molecule has 0 radical (unpaired) electrons. The van der Waals surface area contributed by atoms with Crippen molar-refractivity contribution in [2.75, 3.05) is 13.1 Å². The lowest BCUT2D eigenvalue weighted by atomic mass is 9.91. The number of primary amides is 1. The predicted molar refractivity (Wildman–Crippen MR) is 79.6 cm³/mol. The molecule has 1 rings (SSSR count). The van der Waals surface area contributed by atoms with Crippen molar-refractivity contribution >= 4 is 5.91 Å². The molecule has 0 aromatic heterocycles. The van der Waals surface area contributed by atoms with Crippen molar-refractivity contribution in [1.29, 1.82) is 0 Å². The van der Waals surface area contributed by atoms with Crippen LogP contribution in [0.5, 0.6) is 0 Å². The second-order valence-electron chi connectivity index (χ2n) is 6.47. The molecule has 4 nitrogen and oxygen atoms in total. The highest BCUT2D eigenvalue weighted by atomic mass is 16.1. The third kappa shape index (κ3) is 4.18. The highest BCUT2D eigenvalue weighted by Gasteiger charge is 2.48. The van der Waals surface area contributed by atoms with Gasteiger partial charge in [-0.3, -0.25) is 9.69 Å². The van der Waals surface area contributed by atoms with Crippen molar-refractivity contribution in [3.63, 3.8) is 0 Å². The molecule has 112 valence electrons. The van der Waals surface area contributed by atoms with E-state index in [9.17, 15) is 4.79 Å². The minimum Gasteiger partial charge on any atom is -0.368 e. The average molecular weight is 269 g/mol. The number of hydrogen-bond donors (Lipinski definition) is 2. The van der Waals surface area contributed by atoms with Gasteiger partial charge in [-0.2, -0.15) is 0 Å². The van der Waals surface area contributed by atoms with Crippen LogP contribution in [-0.2, 0) is 4.79 Å². The lowest BCUT2D eigenvalue weighted by Gasteiger charge is -2.38. The van der Waals surface area contributed by atoms with Gasteiger partial charge in [0.25, 0.3) is 0 Å². The second-order valence-corrected chi connectivity index (χ2v) is 6.47. The number of amides is 1. The third-order valence-corrected chi connectivity index (χ3v) is 4.29. The molecule has 1 saturated carbocycles. The highest BCUT2D eigenvalue weighted by Crippen LogP contribution is 2.39. The van der Waals surface area contributed by atoms with Crippen LogP contribution < -0.4 is 11.5 Å². The van der Waals surface area contributed by atoms with E-state index in [4.69, 9.17) is 11.5 Å². The molecule has 4 heteroatoms. The van der Waals surface area contributed by atoms with E-state index in [0.717, 1.165) is 32.2 Å². The number of carbonyl (C=O) groups is 1. The molecule has 0 heterocycles. The van der Waals surface area contributed by atoms with Crippen LogP contribution in [0.1, 0.15) is 53.4 Å². The first-order valence-electron chi connectivity index (χ1n) is 7.67. The minimum absolute atomic E-state index is 0.286. The van der Waals surface area contributed by atoms with Crippen LogP contribution in [0.2, 0.25) is 0 Å². The molecule has 0 saturated heterocycles. The fourth-order valence-electron chi connectivity index (χ4n) is 2.96. The van der Waals surface area contributed by atoms with E-state index in [1.54, 1.807) is 0 Å². The van der Waals surface area contributed by atoms with Gasteiger partial charge in [0.05, 0.1) is 0 Å². The topological polar surface area (TPSA) is 72.3 Å².